The number of benzene rings is 1. The number of carbonyl (C=O) groups is 1. The summed E-state index contributed by atoms with van der Waals surface area (Å²) >= 11 is 6.11. The lowest BCUT2D eigenvalue weighted by molar-refractivity contribution is -0.134. The van der Waals surface area contributed by atoms with Crippen molar-refractivity contribution in [3.63, 3.8) is 0 Å². The van der Waals surface area contributed by atoms with Crippen LogP contribution >= 0.6 is 11.6 Å². The van der Waals surface area contributed by atoms with Gasteiger partial charge in [-0.05, 0) is 24.3 Å². The van der Waals surface area contributed by atoms with Crippen LogP contribution in [0.2, 0.25) is 5.02 Å². The van der Waals surface area contributed by atoms with Gasteiger partial charge in [0.1, 0.15) is 18.1 Å². The fourth-order valence-corrected chi connectivity index (χ4v) is 2.38. The monoisotopic (exact) mass is 371 g/mol. The van der Waals surface area contributed by atoms with E-state index < -0.39 is 5.97 Å². The zero-order valence-corrected chi connectivity index (χ0v) is 14.1. The number of aromatic hydroxyl groups is 1. The van der Waals surface area contributed by atoms with Crippen molar-refractivity contribution in [3.8, 4) is 17.0 Å². The second-order valence-corrected chi connectivity index (χ2v) is 5.64. The van der Waals surface area contributed by atoms with Gasteiger partial charge in [0.2, 0.25) is 5.95 Å². The third-order valence-corrected chi connectivity index (χ3v) is 3.63. The highest BCUT2D eigenvalue weighted by Crippen LogP contribution is 2.29. The number of halogens is 1. The van der Waals surface area contributed by atoms with E-state index in [2.05, 4.69) is 25.6 Å². The Hall–Kier alpha value is -3.39. The van der Waals surface area contributed by atoms with E-state index in [1.54, 1.807) is 36.7 Å². The lowest BCUT2D eigenvalue weighted by atomic mass is 10.2. The molecule has 0 saturated carbocycles. The molecule has 0 atom stereocenters. The van der Waals surface area contributed by atoms with Gasteiger partial charge in [0.05, 0.1) is 16.4 Å². The summed E-state index contributed by atoms with van der Waals surface area (Å²) in [4.78, 5) is 23.4. The van der Waals surface area contributed by atoms with E-state index in [0.717, 1.165) is 5.56 Å². The quantitative estimate of drug-likeness (QED) is 0.488. The minimum absolute atomic E-state index is 0.0459. The topological polar surface area (TPSA) is 120 Å². The number of aliphatic carboxylic acids is 1. The molecule has 0 aliphatic carbocycles. The highest BCUT2D eigenvalue weighted by atomic mass is 35.5. The molecule has 0 fully saturated rings. The maximum absolute atomic E-state index is 10.8. The predicted octanol–water partition coefficient (Wildman–Crippen LogP) is 3.14. The van der Waals surface area contributed by atoms with Gasteiger partial charge in [-0.25, -0.2) is 4.98 Å². The van der Waals surface area contributed by atoms with Crippen molar-refractivity contribution in [1.82, 2.24) is 15.0 Å². The van der Waals surface area contributed by atoms with Crippen LogP contribution in [-0.2, 0) is 4.79 Å². The number of pyridine rings is 1. The number of carboxylic acids is 1. The standard InChI is InChI=1S/C17H14ClN5O3/c18-12-7-11(24)1-2-13(12)21-15-8-14(10-3-5-19-6-4-10)22-17(23-15)20-9-16(25)26/h1-8,24H,9H2,(H,25,26)(H2,20,21,22,23). The minimum atomic E-state index is -1.03. The average molecular weight is 372 g/mol. The molecule has 2 aromatic heterocycles. The number of rotatable bonds is 6. The van der Waals surface area contributed by atoms with Crippen LogP contribution in [0.1, 0.15) is 0 Å². The molecule has 0 unspecified atom stereocenters. The number of hydrogen-bond donors (Lipinski definition) is 4. The van der Waals surface area contributed by atoms with Gasteiger partial charge in [-0.1, -0.05) is 11.6 Å². The highest BCUT2D eigenvalue weighted by Gasteiger charge is 2.10. The molecule has 0 aliphatic heterocycles. The maximum atomic E-state index is 10.8. The van der Waals surface area contributed by atoms with Gasteiger partial charge in [-0.2, -0.15) is 4.98 Å². The summed E-state index contributed by atoms with van der Waals surface area (Å²) in [6.45, 7) is -0.320. The molecular weight excluding hydrogens is 358 g/mol. The largest absolute Gasteiger partial charge is 0.508 e. The molecule has 9 heteroatoms. The summed E-state index contributed by atoms with van der Waals surface area (Å²) in [6.07, 6.45) is 3.26. The van der Waals surface area contributed by atoms with Crippen molar-refractivity contribution in [3.05, 3.63) is 53.8 Å². The average Bonchev–Trinajstić information content (AvgIpc) is 2.63. The molecular formula is C17H14ClN5O3. The first-order chi connectivity index (χ1) is 12.5. The Morgan fingerprint density at radius 1 is 1.12 bits per heavy atom. The van der Waals surface area contributed by atoms with Gasteiger partial charge in [0.15, 0.2) is 0 Å². The SMILES string of the molecule is O=C(O)CNc1nc(Nc2ccc(O)cc2Cl)cc(-c2ccncc2)n1. The Morgan fingerprint density at radius 2 is 1.88 bits per heavy atom. The Balaban J connectivity index is 1.97. The van der Waals surface area contributed by atoms with Gasteiger partial charge in [-0.3, -0.25) is 9.78 Å². The number of phenols is 1. The molecule has 0 radical (unpaired) electrons. The number of aromatic nitrogens is 3. The van der Waals surface area contributed by atoms with Crippen LogP contribution in [0.3, 0.4) is 0 Å². The van der Waals surface area contributed by atoms with Crippen LogP contribution in [0.15, 0.2) is 48.8 Å². The first-order valence-corrected chi connectivity index (χ1v) is 7.90. The second kappa shape index (κ2) is 7.66. The molecule has 3 aromatic rings. The fourth-order valence-electron chi connectivity index (χ4n) is 2.16. The molecule has 0 aliphatic rings. The zero-order valence-electron chi connectivity index (χ0n) is 13.3. The summed E-state index contributed by atoms with van der Waals surface area (Å²) in [7, 11) is 0. The van der Waals surface area contributed by atoms with Crippen LogP contribution in [0, 0.1) is 0 Å². The molecule has 26 heavy (non-hydrogen) atoms. The van der Waals surface area contributed by atoms with E-state index in [4.69, 9.17) is 16.7 Å². The molecule has 8 nitrogen and oxygen atoms in total. The predicted molar refractivity (Wildman–Crippen MR) is 97.8 cm³/mol. The number of nitrogens with one attached hydrogen (secondary N) is 2. The summed E-state index contributed by atoms with van der Waals surface area (Å²) in [5.74, 6) is -0.421. The van der Waals surface area contributed by atoms with Gasteiger partial charge < -0.3 is 20.8 Å². The molecule has 0 saturated heterocycles. The van der Waals surface area contributed by atoms with Crippen molar-refractivity contribution < 1.29 is 15.0 Å². The van der Waals surface area contributed by atoms with Crippen LogP contribution < -0.4 is 10.6 Å². The summed E-state index contributed by atoms with van der Waals surface area (Å²) in [5.41, 5.74) is 1.90. The Bertz CT molecular complexity index is 937. The van der Waals surface area contributed by atoms with Crippen molar-refractivity contribution in [2.24, 2.45) is 0 Å². The number of hydrogen-bond acceptors (Lipinski definition) is 7. The zero-order chi connectivity index (χ0) is 18.5. The van der Waals surface area contributed by atoms with E-state index in [0.29, 0.717) is 22.2 Å². The van der Waals surface area contributed by atoms with Gasteiger partial charge in [-0.15, -0.1) is 0 Å². The smallest absolute Gasteiger partial charge is 0.322 e. The summed E-state index contributed by atoms with van der Waals surface area (Å²) in [6, 6.07) is 9.75. The van der Waals surface area contributed by atoms with Gasteiger partial charge >= 0.3 is 5.97 Å². The van der Waals surface area contributed by atoms with E-state index >= 15 is 0 Å². The molecule has 4 N–H and O–H groups in total. The highest BCUT2D eigenvalue weighted by molar-refractivity contribution is 6.33. The molecule has 1 aromatic carbocycles. The molecule has 132 valence electrons. The van der Waals surface area contributed by atoms with Crippen LogP contribution in [-0.4, -0.2) is 37.7 Å². The third kappa shape index (κ3) is 4.37. The lowest BCUT2D eigenvalue weighted by Crippen LogP contribution is -2.15. The van der Waals surface area contributed by atoms with Crippen LogP contribution in [0.5, 0.6) is 5.75 Å². The fraction of sp³-hybridized carbons (Fsp3) is 0.0588. The first kappa shape index (κ1) is 17.4. The number of anilines is 3. The van der Waals surface area contributed by atoms with E-state index in [1.807, 2.05) is 0 Å². The Kier molecular flexibility index (Phi) is 5.14. The van der Waals surface area contributed by atoms with Gasteiger partial charge in [0.25, 0.3) is 0 Å². The van der Waals surface area contributed by atoms with Crippen molar-refractivity contribution in [1.29, 1.82) is 0 Å². The van der Waals surface area contributed by atoms with Crippen molar-refractivity contribution >= 4 is 35.0 Å². The van der Waals surface area contributed by atoms with Crippen LogP contribution in [0.25, 0.3) is 11.3 Å². The normalized spacial score (nSPS) is 10.3. The molecule has 2 heterocycles. The third-order valence-electron chi connectivity index (χ3n) is 3.32. The van der Waals surface area contributed by atoms with E-state index in [9.17, 15) is 9.90 Å². The minimum Gasteiger partial charge on any atom is -0.508 e. The van der Waals surface area contributed by atoms with Crippen LogP contribution in [0.4, 0.5) is 17.5 Å². The Labute approximate surface area is 153 Å². The van der Waals surface area contributed by atoms with E-state index in [-0.39, 0.29) is 18.2 Å². The number of phenolic OH excluding ortho intramolecular Hbond substituents is 1. The molecule has 0 amide bonds. The number of carboxylic acid groups (broad SMARTS) is 1. The molecule has 3 rings (SSSR count). The first-order valence-electron chi connectivity index (χ1n) is 7.52. The molecule has 0 bridgehead atoms. The summed E-state index contributed by atoms with van der Waals surface area (Å²) in [5, 5.41) is 24.3. The van der Waals surface area contributed by atoms with Crippen molar-refractivity contribution in [2.75, 3.05) is 17.2 Å². The second-order valence-electron chi connectivity index (χ2n) is 5.23. The summed E-state index contributed by atoms with van der Waals surface area (Å²) < 4.78 is 0. The Morgan fingerprint density at radius 3 is 2.58 bits per heavy atom. The lowest BCUT2D eigenvalue weighted by Gasteiger charge is -2.12. The maximum Gasteiger partial charge on any atom is 0.322 e. The van der Waals surface area contributed by atoms with Crippen molar-refractivity contribution in [2.45, 2.75) is 0 Å². The number of nitrogens with zero attached hydrogens (tertiary/aromatic N) is 3. The van der Waals surface area contributed by atoms with E-state index in [1.165, 1.54) is 12.1 Å². The molecule has 0 spiro atoms. The van der Waals surface area contributed by atoms with Gasteiger partial charge in [0, 0.05) is 30.1 Å².